The molecule has 6 heteroatoms. The summed E-state index contributed by atoms with van der Waals surface area (Å²) in [6.45, 7) is 0. The quantitative estimate of drug-likeness (QED) is 0.862. The van der Waals surface area contributed by atoms with Crippen molar-refractivity contribution in [2.24, 2.45) is 0 Å². The van der Waals surface area contributed by atoms with Crippen LogP contribution < -0.4 is 10.1 Å². The molecule has 0 saturated carbocycles. The molecule has 4 nitrogen and oxygen atoms in total. The Balaban J connectivity index is 2.06. The molecule has 0 amide bonds. The van der Waals surface area contributed by atoms with Gasteiger partial charge in [-0.2, -0.15) is 0 Å². The van der Waals surface area contributed by atoms with E-state index >= 15 is 0 Å². The number of phenols is 1. The Hall–Kier alpha value is -1.11. The molecule has 1 aromatic heterocycles. The van der Waals surface area contributed by atoms with Gasteiger partial charge in [0.05, 0.1) is 17.3 Å². The number of rotatable bonds is 3. The van der Waals surface area contributed by atoms with E-state index in [1.165, 1.54) is 17.0 Å². The normalized spacial score (nSPS) is 17.6. The van der Waals surface area contributed by atoms with Crippen LogP contribution in [0, 0.1) is 0 Å². The third kappa shape index (κ3) is 2.67. The molecule has 3 rings (SSSR count). The molecule has 1 atom stereocenters. The lowest BCUT2D eigenvalue weighted by Gasteiger charge is -2.19. The van der Waals surface area contributed by atoms with Gasteiger partial charge in [0.1, 0.15) is 5.01 Å². The van der Waals surface area contributed by atoms with Gasteiger partial charge in [-0.05, 0) is 54.4 Å². The summed E-state index contributed by atoms with van der Waals surface area (Å²) in [5, 5.41) is 14.2. The molecule has 0 saturated heterocycles. The van der Waals surface area contributed by atoms with Crippen LogP contribution in [0.4, 0.5) is 0 Å². The van der Waals surface area contributed by atoms with Gasteiger partial charge < -0.3 is 15.2 Å². The maximum absolute atomic E-state index is 9.91. The van der Waals surface area contributed by atoms with Crippen LogP contribution in [-0.2, 0) is 6.42 Å². The number of ether oxygens (including phenoxy) is 1. The average Bonchev–Trinajstić information content (AvgIpc) is 2.93. The Labute approximate surface area is 136 Å². The van der Waals surface area contributed by atoms with E-state index in [-0.39, 0.29) is 5.75 Å². The lowest BCUT2D eigenvalue weighted by molar-refractivity contribution is 0.372. The van der Waals surface area contributed by atoms with Gasteiger partial charge in [-0.15, -0.1) is 11.3 Å². The molecule has 1 heterocycles. The zero-order valence-electron chi connectivity index (χ0n) is 11.9. The number of benzene rings is 1. The lowest BCUT2D eigenvalue weighted by Crippen LogP contribution is -2.19. The molecule has 0 bridgehead atoms. The van der Waals surface area contributed by atoms with Crippen molar-refractivity contribution in [3.05, 3.63) is 27.2 Å². The molecule has 1 aliphatic rings. The lowest BCUT2D eigenvalue weighted by atomic mass is 9.98. The first kappa shape index (κ1) is 14.8. The molecule has 112 valence electrons. The molecule has 0 aliphatic heterocycles. The number of halogens is 1. The Morgan fingerprint density at radius 3 is 3.00 bits per heavy atom. The fraction of sp³-hybridized carbons (Fsp3) is 0.400. The number of nitrogens with one attached hydrogen (secondary N) is 1. The molecule has 0 fully saturated rings. The summed E-state index contributed by atoms with van der Waals surface area (Å²) >= 11 is 5.09. The molecular formula is C15H17BrN2O2S. The molecule has 1 aromatic carbocycles. The molecule has 2 N–H and O–H groups in total. The number of aryl methyl sites for hydroxylation is 1. The van der Waals surface area contributed by atoms with Crippen molar-refractivity contribution in [1.29, 1.82) is 0 Å². The highest BCUT2D eigenvalue weighted by atomic mass is 79.9. The fourth-order valence-electron chi connectivity index (χ4n) is 2.67. The fourth-order valence-corrected chi connectivity index (χ4v) is 4.36. The van der Waals surface area contributed by atoms with Crippen LogP contribution in [0.1, 0.15) is 29.5 Å². The highest BCUT2D eigenvalue weighted by molar-refractivity contribution is 9.10. The predicted molar refractivity (Wildman–Crippen MR) is 88.2 cm³/mol. The summed E-state index contributed by atoms with van der Waals surface area (Å²) in [4.78, 5) is 6.12. The van der Waals surface area contributed by atoms with Crippen molar-refractivity contribution in [2.75, 3.05) is 14.2 Å². The first-order chi connectivity index (χ1) is 10.1. The number of aromatic hydroxyl groups is 1. The second-order valence-electron chi connectivity index (χ2n) is 5.07. The second-order valence-corrected chi connectivity index (χ2v) is 6.96. The second kappa shape index (κ2) is 5.94. The molecule has 2 aromatic rings. The molecule has 1 aliphatic carbocycles. The van der Waals surface area contributed by atoms with E-state index in [0.717, 1.165) is 23.4 Å². The monoisotopic (exact) mass is 368 g/mol. The number of nitrogens with zero attached hydrogens (tertiary/aromatic N) is 1. The Kier molecular flexibility index (Phi) is 4.19. The average molecular weight is 369 g/mol. The highest BCUT2D eigenvalue weighted by Crippen LogP contribution is 2.42. The molecule has 21 heavy (non-hydrogen) atoms. The van der Waals surface area contributed by atoms with E-state index in [1.807, 2.05) is 19.2 Å². The summed E-state index contributed by atoms with van der Waals surface area (Å²) in [5.74, 6) is 0.577. The van der Waals surface area contributed by atoms with Crippen LogP contribution in [0.5, 0.6) is 11.5 Å². The van der Waals surface area contributed by atoms with Crippen LogP contribution in [0.15, 0.2) is 16.6 Å². The van der Waals surface area contributed by atoms with Gasteiger partial charge in [-0.25, -0.2) is 4.98 Å². The largest absolute Gasteiger partial charge is 0.503 e. The smallest absolute Gasteiger partial charge is 0.172 e. The van der Waals surface area contributed by atoms with E-state index in [4.69, 9.17) is 9.72 Å². The molecule has 0 radical (unpaired) electrons. The number of aromatic nitrogens is 1. The third-order valence-corrected chi connectivity index (χ3v) is 5.66. The van der Waals surface area contributed by atoms with E-state index in [0.29, 0.717) is 16.3 Å². The minimum absolute atomic E-state index is 0.121. The number of methoxy groups -OCH3 is 1. The molecule has 0 spiro atoms. The van der Waals surface area contributed by atoms with Gasteiger partial charge in [-0.3, -0.25) is 0 Å². The van der Waals surface area contributed by atoms with Gasteiger partial charge in [0, 0.05) is 16.5 Å². The summed E-state index contributed by atoms with van der Waals surface area (Å²) in [7, 11) is 3.55. The molecular weight excluding hydrogens is 352 g/mol. The van der Waals surface area contributed by atoms with E-state index in [9.17, 15) is 5.11 Å². The molecule has 1 unspecified atom stereocenters. The van der Waals surface area contributed by atoms with Crippen LogP contribution in [0.2, 0.25) is 0 Å². The first-order valence-electron chi connectivity index (χ1n) is 6.87. The number of hydrogen-bond acceptors (Lipinski definition) is 5. The van der Waals surface area contributed by atoms with E-state index in [2.05, 4.69) is 21.2 Å². The Bertz CT molecular complexity index is 672. The standard InChI is InChI=1S/C15H17BrN2O2S/c1-17-10-4-3-5-11-14(10)21-15(18-11)8-6-9(16)13(19)12(7-8)20-2/h6-7,10,17,19H,3-5H2,1-2H3. The van der Waals surface area contributed by atoms with Crippen LogP contribution >= 0.6 is 27.3 Å². The van der Waals surface area contributed by atoms with Gasteiger partial charge in [0.15, 0.2) is 11.5 Å². The van der Waals surface area contributed by atoms with Gasteiger partial charge >= 0.3 is 0 Å². The summed E-state index contributed by atoms with van der Waals surface area (Å²) in [6.07, 6.45) is 3.37. The minimum atomic E-state index is 0.121. The summed E-state index contributed by atoms with van der Waals surface area (Å²) in [5.41, 5.74) is 2.16. The topological polar surface area (TPSA) is 54.4 Å². The van der Waals surface area contributed by atoms with Crippen LogP contribution in [0.25, 0.3) is 10.6 Å². The van der Waals surface area contributed by atoms with Crippen LogP contribution in [-0.4, -0.2) is 24.2 Å². The zero-order chi connectivity index (χ0) is 15.0. The van der Waals surface area contributed by atoms with E-state index in [1.54, 1.807) is 18.4 Å². The Morgan fingerprint density at radius 1 is 1.48 bits per heavy atom. The van der Waals surface area contributed by atoms with Crippen molar-refractivity contribution < 1.29 is 9.84 Å². The van der Waals surface area contributed by atoms with Crippen molar-refractivity contribution >= 4 is 27.3 Å². The van der Waals surface area contributed by atoms with Crippen molar-refractivity contribution in [3.8, 4) is 22.1 Å². The highest BCUT2D eigenvalue weighted by Gasteiger charge is 2.24. The first-order valence-corrected chi connectivity index (χ1v) is 8.48. The van der Waals surface area contributed by atoms with Gasteiger partial charge in [0.25, 0.3) is 0 Å². The summed E-state index contributed by atoms with van der Waals surface area (Å²) < 4.78 is 5.84. The van der Waals surface area contributed by atoms with Crippen LogP contribution in [0.3, 0.4) is 0 Å². The van der Waals surface area contributed by atoms with Crippen molar-refractivity contribution in [3.63, 3.8) is 0 Å². The third-order valence-electron chi connectivity index (χ3n) is 3.79. The zero-order valence-corrected chi connectivity index (χ0v) is 14.3. The predicted octanol–water partition coefficient (Wildman–Crippen LogP) is 3.88. The van der Waals surface area contributed by atoms with E-state index < -0.39 is 0 Å². The number of phenolic OH excluding ortho intramolecular Hbond substituents is 1. The maximum Gasteiger partial charge on any atom is 0.172 e. The Morgan fingerprint density at radius 2 is 2.29 bits per heavy atom. The van der Waals surface area contributed by atoms with Crippen molar-refractivity contribution in [1.82, 2.24) is 10.3 Å². The van der Waals surface area contributed by atoms with Crippen molar-refractivity contribution in [2.45, 2.75) is 25.3 Å². The minimum Gasteiger partial charge on any atom is -0.503 e. The number of hydrogen-bond donors (Lipinski definition) is 2. The number of thiazole rings is 1. The maximum atomic E-state index is 9.91. The van der Waals surface area contributed by atoms with Gasteiger partial charge in [-0.1, -0.05) is 0 Å². The SMILES string of the molecule is CNC1CCCc2nc(-c3cc(Br)c(O)c(OC)c3)sc21. The summed E-state index contributed by atoms with van der Waals surface area (Å²) in [6, 6.07) is 4.12. The number of fused-ring (bicyclic) bond motifs is 1. The van der Waals surface area contributed by atoms with Gasteiger partial charge in [0.2, 0.25) is 0 Å².